The Bertz CT molecular complexity index is 521. The fourth-order valence-corrected chi connectivity index (χ4v) is 2.63. The van der Waals surface area contributed by atoms with Crippen LogP contribution in [0.4, 0.5) is 0 Å². The maximum Gasteiger partial charge on any atom is 0.134 e. The van der Waals surface area contributed by atoms with Crippen LogP contribution < -0.4 is 0 Å². The molecule has 102 valence electrons. The molecule has 0 spiro atoms. The van der Waals surface area contributed by atoms with Crippen molar-refractivity contribution >= 4 is 11.0 Å². The van der Waals surface area contributed by atoms with Crippen molar-refractivity contribution in [1.29, 1.82) is 0 Å². The number of aliphatic hydroxyl groups excluding tert-OH is 1. The summed E-state index contributed by atoms with van der Waals surface area (Å²) in [6.45, 7) is 3.04. The van der Waals surface area contributed by atoms with E-state index in [1.54, 1.807) is 0 Å². The Hall–Kier alpha value is -1.36. The van der Waals surface area contributed by atoms with Gasteiger partial charge in [0.1, 0.15) is 11.3 Å². The van der Waals surface area contributed by atoms with Gasteiger partial charge in [-0.15, -0.1) is 0 Å². The molecular formula is C15H19NO3. The lowest BCUT2D eigenvalue weighted by Crippen LogP contribution is -2.52. The van der Waals surface area contributed by atoms with Gasteiger partial charge in [-0.1, -0.05) is 18.2 Å². The lowest BCUT2D eigenvalue weighted by Gasteiger charge is -2.42. The lowest BCUT2D eigenvalue weighted by atomic mass is 9.86. The summed E-state index contributed by atoms with van der Waals surface area (Å²) in [4.78, 5) is 2.18. The Morgan fingerprint density at radius 3 is 2.74 bits per heavy atom. The highest BCUT2D eigenvalue weighted by Gasteiger charge is 2.39. The highest BCUT2D eigenvalue weighted by Crippen LogP contribution is 2.28. The second-order valence-corrected chi connectivity index (χ2v) is 5.57. The average Bonchev–Trinajstić information content (AvgIpc) is 2.75. The number of aliphatic hydroxyl groups is 1. The minimum atomic E-state index is -0.0826. The van der Waals surface area contributed by atoms with E-state index in [1.165, 1.54) is 0 Å². The predicted octanol–water partition coefficient (Wildman–Crippen LogP) is 1.87. The number of nitrogens with zero attached hydrogens (tertiary/aromatic N) is 1. The van der Waals surface area contributed by atoms with Gasteiger partial charge >= 0.3 is 0 Å². The maximum absolute atomic E-state index is 9.44. The molecule has 0 radical (unpaired) electrons. The van der Waals surface area contributed by atoms with Crippen LogP contribution in [0.2, 0.25) is 0 Å². The first-order chi connectivity index (χ1) is 9.21. The van der Waals surface area contributed by atoms with Crippen LogP contribution >= 0.6 is 0 Å². The molecule has 2 aromatic rings. The topological polar surface area (TPSA) is 45.8 Å². The molecule has 0 amide bonds. The van der Waals surface area contributed by atoms with E-state index in [1.807, 2.05) is 25.2 Å². The fraction of sp³-hybridized carbons (Fsp3) is 0.467. The molecule has 3 rings (SSSR count). The molecule has 1 N–H and O–H groups in total. The summed E-state index contributed by atoms with van der Waals surface area (Å²) in [5.41, 5.74) is 0.843. The standard InChI is InChI=1S/C15H19NO3/c1-16(8-15(9-17)10-18-11-15)7-13-6-12-4-2-3-5-14(12)19-13/h2-6,17H,7-11H2,1H3. The highest BCUT2D eigenvalue weighted by atomic mass is 16.5. The zero-order valence-corrected chi connectivity index (χ0v) is 11.1. The number of rotatable bonds is 5. The maximum atomic E-state index is 9.44. The third-order valence-electron chi connectivity index (χ3n) is 3.66. The monoisotopic (exact) mass is 261 g/mol. The third kappa shape index (κ3) is 2.52. The zero-order chi connectivity index (χ0) is 13.3. The van der Waals surface area contributed by atoms with Crippen molar-refractivity contribution in [2.24, 2.45) is 5.41 Å². The summed E-state index contributed by atoms with van der Waals surface area (Å²) >= 11 is 0. The normalized spacial score (nSPS) is 17.8. The van der Waals surface area contributed by atoms with Crippen LogP contribution in [0.3, 0.4) is 0 Å². The Balaban J connectivity index is 1.67. The van der Waals surface area contributed by atoms with Crippen LogP contribution in [0, 0.1) is 5.41 Å². The average molecular weight is 261 g/mol. The molecule has 19 heavy (non-hydrogen) atoms. The quantitative estimate of drug-likeness (QED) is 0.892. The van der Waals surface area contributed by atoms with E-state index >= 15 is 0 Å². The molecule has 1 fully saturated rings. The molecule has 0 aliphatic carbocycles. The second kappa shape index (κ2) is 4.96. The Morgan fingerprint density at radius 1 is 1.32 bits per heavy atom. The number of fused-ring (bicyclic) bond motifs is 1. The molecule has 1 saturated heterocycles. The van der Waals surface area contributed by atoms with Gasteiger partial charge in [0.05, 0.1) is 31.8 Å². The van der Waals surface area contributed by atoms with Crippen LogP contribution in [0.1, 0.15) is 5.76 Å². The molecule has 0 saturated carbocycles. The number of benzene rings is 1. The van der Waals surface area contributed by atoms with Crippen LogP contribution in [0.25, 0.3) is 11.0 Å². The molecule has 0 bridgehead atoms. The highest BCUT2D eigenvalue weighted by molar-refractivity contribution is 5.77. The SMILES string of the molecule is CN(Cc1cc2ccccc2o1)CC1(CO)COC1. The first-order valence-corrected chi connectivity index (χ1v) is 6.55. The molecule has 1 aliphatic rings. The Labute approximate surface area is 112 Å². The molecule has 4 heteroatoms. The van der Waals surface area contributed by atoms with E-state index in [0.29, 0.717) is 13.2 Å². The first-order valence-electron chi connectivity index (χ1n) is 6.55. The summed E-state index contributed by atoms with van der Waals surface area (Å²) in [6, 6.07) is 10.1. The summed E-state index contributed by atoms with van der Waals surface area (Å²) < 4.78 is 11.0. The summed E-state index contributed by atoms with van der Waals surface area (Å²) in [5.74, 6) is 0.956. The summed E-state index contributed by atoms with van der Waals surface area (Å²) in [6.07, 6.45) is 0. The molecule has 1 aliphatic heterocycles. The van der Waals surface area contributed by atoms with Crippen molar-refractivity contribution in [2.75, 3.05) is 33.4 Å². The smallest absolute Gasteiger partial charge is 0.134 e. The minimum Gasteiger partial charge on any atom is -0.460 e. The molecule has 0 atom stereocenters. The van der Waals surface area contributed by atoms with Crippen molar-refractivity contribution in [3.05, 3.63) is 36.1 Å². The molecular weight excluding hydrogens is 242 g/mol. The van der Waals surface area contributed by atoms with Crippen LogP contribution in [-0.2, 0) is 11.3 Å². The van der Waals surface area contributed by atoms with Gasteiger partial charge in [-0.3, -0.25) is 4.90 Å². The van der Waals surface area contributed by atoms with E-state index < -0.39 is 0 Å². The van der Waals surface area contributed by atoms with Gasteiger partial charge in [0, 0.05) is 11.9 Å². The van der Waals surface area contributed by atoms with Crippen molar-refractivity contribution in [3.63, 3.8) is 0 Å². The molecule has 4 nitrogen and oxygen atoms in total. The van der Waals surface area contributed by atoms with Gasteiger partial charge in [0.15, 0.2) is 0 Å². The third-order valence-corrected chi connectivity index (χ3v) is 3.66. The number of ether oxygens (including phenoxy) is 1. The molecule has 0 unspecified atom stereocenters. The van der Waals surface area contributed by atoms with E-state index in [2.05, 4.69) is 17.0 Å². The van der Waals surface area contributed by atoms with Crippen molar-refractivity contribution in [1.82, 2.24) is 4.90 Å². The van der Waals surface area contributed by atoms with Crippen molar-refractivity contribution < 1.29 is 14.3 Å². The van der Waals surface area contributed by atoms with Crippen LogP contribution in [0.5, 0.6) is 0 Å². The van der Waals surface area contributed by atoms with E-state index in [0.717, 1.165) is 29.8 Å². The van der Waals surface area contributed by atoms with Gasteiger partial charge in [-0.25, -0.2) is 0 Å². The van der Waals surface area contributed by atoms with Gasteiger partial charge in [0.25, 0.3) is 0 Å². The second-order valence-electron chi connectivity index (χ2n) is 5.57. The van der Waals surface area contributed by atoms with E-state index in [9.17, 15) is 5.11 Å². The molecule has 1 aromatic carbocycles. The minimum absolute atomic E-state index is 0.0826. The van der Waals surface area contributed by atoms with Crippen molar-refractivity contribution in [3.8, 4) is 0 Å². The fourth-order valence-electron chi connectivity index (χ4n) is 2.63. The summed E-state index contributed by atoms with van der Waals surface area (Å²) in [5, 5.41) is 10.6. The van der Waals surface area contributed by atoms with Crippen LogP contribution in [-0.4, -0.2) is 43.4 Å². The number of furan rings is 1. The van der Waals surface area contributed by atoms with Gasteiger partial charge in [0.2, 0.25) is 0 Å². The van der Waals surface area contributed by atoms with E-state index in [4.69, 9.17) is 9.15 Å². The first kappa shape index (κ1) is 12.7. The largest absolute Gasteiger partial charge is 0.460 e. The molecule has 1 aromatic heterocycles. The number of hydrogen-bond acceptors (Lipinski definition) is 4. The van der Waals surface area contributed by atoms with Gasteiger partial charge < -0.3 is 14.3 Å². The predicted molar refractivity (Wildman–Crippen MR) is 72.9 cm³/mol. The van der Waals surface area contributed by atoms with E-state index in [-0.39, 0.29) is 12.0 Å². The van der Waals surface area contributed by atoms with Gasteiger partial charge in [-0.2, -0.15) is 0 Å². The number of hydrogen-bond donors (Lipinski definition) is 1. The van der Waals surface area contributed by atoms with Gasteiger partial charge in [-0.05, 0) is 19.2 Å². The van der Waals surface area contributed by atoms with Crippen LogP contribution in [0.15, 0.2) is 34.7 Å². The number of para-hydroxylation sites is 1. The zero-order valence-electron chi connectivity index (χ0n) is 11.1. The summed E-state index contributed by atoms with van der Waals surface area (Å²) in [7, 11) is 2.04. The Morgan fingerprint density at radius 2 is 2.11 bits per heavy atom. The van der Waals surface area contributed by atoms with Crippen molar-refractivity contribution in [2.45, 2.75) is 6.54 Å². The molecule has 2 heterocycles. The Kier molecular flexibility index (Phi) is 3.31. The lowest BCUT2D eigenvalue weighted by molar-refractivity contribution is -0.147.